The normalized spacial score (nSPS) is 17.8. The van der Waals surface area contributed by atoms with Crippen molar-refractivity contribution in [2.24, 2.45) is 0 Å². The maximum atomic E-state index is 11.5. The Hall–Kier alpha value is -1.03. The van der Waals surface area contributed by atoms with Crippen molar-refractivity contribution in [3.8, 4) is 5.75 Å². The molecule has 3 nitrogen and oxygen atoms in total. The number of hydrogen-bond acceptors (Lipinski definition) is 3. The summed E-state index contributed by atoms with van der Waals surface area (Å²) in [6, 6.07) is 5.95. The van der Waals surface area contributed by atoms with E-state index >= 15 is 0 Å². The molecule has 0 spiro atoms. The lowest BCUT2D eigenvalue weighted by Crippen LogP contribution is -2.27. The summed E-state index contributed by atoms with van der Waals surface area (Å²) in [7, 11) is 0. The Balaban J connectivity index is 2.11. The standard InChI is InChI=1S/C12H13BrO3/c1-2-15-12(14)11-6-9-5-8(7-13)3-4-10(9)16-11/h3-5,11H,2,6-7H2,1H3. The maximum absolute atomic E-state index is 11.5. The van der Waals surface area contributed by atoms with E-state index in [0.29, 0.717) is 13.0 Å². The van der Waals surface area contributed by atoms with Crippen molar-refractivity contribution < 1.29 is 14.3 Å². The SMILES string of the molecule is CCOC(=O)C1Cc2cc(CBr)ccc2O1. The van der Waals surface area contributed by atoms with E-state index in [0.717, 1.165) is 16.6 Å². The molecule has 86 valence electrons. The zero-order valence-electron chi connectivity index (χ0n) is 9.03. The van der Waals surface area contributed by atoms with Gasteiger partial charge in [0.15, 0.2) is 6.10 Å². The van der Waals surface area contributed by atoms with E-state index in [2.05, 4.69) is 22.0 Å². The molecule has 0 amide bonds. The third-order valence-electron chi connectivity index (χ3n) is 2.50. The molecule has 1 heterocycles. The van der Waals surface area contributed by atoms with Crippen LogP contribution in [0.3, 0.4) is 0 Å². The Labute approximate surface area is 103 Å². The lowest BCUT2D eigenvalue weighted by molar-refractivity contribution is -0.150. The highest BCUT2D eigenvalue weighted by Gasteiger charge is 2.30. The number of benzene rings is 1. The van der Waals surface area contributed by atoms with Crippen LogP contribution < -0.4 is 4.74 Å². The molecule has 1 unspecified atom stereocenters. The van der Waals surface area contributed by atoms with Gasteiger partial charge in [0.25, 0.3) is 0 Å². The second-order valence-corrected chi connectivity index (χ2v) is 4.20. The summed E-state index contributed by atoms with van der Waals surface area (Å²) in [4.78, 5) is 11.5. The smallest absolute Gasteiger partial charge is 0.347 e. The van der Waals surface area contributed by atoms with Gasteiger partial charge in [-0.1, -0.05) is 28.1 Å². The topological polar surface area (TPSA) is 35.5 Å². The minimum absolute atomic E-state index is 0.279. The van der Waals surface area contributed by atoms with Crippen LogP contribution in [-0.2, 0) is 21.3 Å². The van der Waals surface area contributed by atoms with Crippen molar-refractivity contribution in [3.05, 3.63) is 29.3 Å². The first-order valence-electron chi connectivity index (χ1n) is 5.25. The third kappa shape index (κ3) is 2.21. The van der Waals surface area contributed by atoms with E-state index in [1.165, 1.54) is 5.56 Å². The molecule has 0 saturated heterocycles. The van der Waals surface area contributed by atoms with Crippen molar-refractivity contribution in [1.29, 1.82) is 0 Å². The molecule has 0 aromatic heterocycles. The van der Waals surface area contributed by atoms with E-state index in [1.807, 2.05) is 12.1 Å². The maximum Gasteiger partial charge on any atom is 0.347 e. The van der Waals surface area contributed by atoms with E-state index < -0.39 is 6.10 Å². The lowest BCUT2D eigenvalue weighted by atomic mass is 10.1. The van der Waals surface area contributed by atoms with Crippen LogP contribution in [0.1, 0.15) is 18.1 Å². The van der Waals surface area contributed by atoms with E-state index in [-0.39, 0.29) is 5.97 Å². The fraction of sp³-hybridized carbons (Fsp3) is 0.417. The molecular weight excluding hydrogens is 272 g/mol. The Morgan fingerprint density at radius 3 is 3.12 bits per heavy atom. The molecule has 1 aromatic rings. The molecule has 16 heavy (non-hydrogen) atoms. The number of fused-ring (bicyclic) bond motifs is 1. The van der Waals surface area contributed by atoms with Crippen molar-refractivity contribution >= 4 is 21.9 Å². The van der Waals surface area contributed by atoms with Crippen LogP contribution in [0.4, 0.5) is 0 Å². The number of halogens is 1. The summed E-state index contributed by atoms with van der Waals surface area (Å²) in [5.74, 6) is 0.516. The van der Waals surface area contributed by atoms with E-state index in [4.69, 9.17) is 9.47 Å². The number of esters is 1. The van der Waals surface area contributed by atoms with Crippen LogP contribution in [0.15, 0.2) is 18.2 Å². The third-order valence-corrected chi connectivity index (χ3v) is 3.15. The van der Waals surface area contributed by atoms with Gasteiger partial charge in [0.2, 0.25) is 0 Å². The Morgan fingerprint density at radius 1 is 1.62 bits per heavy atom. The summed E-state index contributed by atoms with van der Waals surface area (Å²) in [5.41, 5.74) is 2.27. The van der Waals surface area contributed by atoms with Crippen LogP contribution in [0.2, 0.25) is 0 Å². The largest absolute Gasteiger partial charge is 0.478 e. The van der Waals surface area contributed by atoms with Crippen molar-refractivity contribution in [1.82, 2.24) is 0 Å². The molecule has 2 rings (SSSR count). The number of ether oxygens (including phenoxy) is 2. The van der Waals surface area contributed by atoms with Gasteiger partial charge in [-0.3, -0.25) is 0 Å². The predicted molar refractivity (Wildman–Crippen MR) is 63.8 cm³/mol. The number of hydrogen-bond donors (Lipinski definition) is 0. The van der Waals surface area contributed by atoms with Gasteiger partial charge in [0.05, 0.1) is 6.61 Å². The number of rotatable bonds is 3. The van der Waals surface area contributed by atoms with Crippen molar-refractivity contribution in [2.75, 3.05) is 6.61 Å². The second-order valence-electron chi connectivity index (χ2n) is 3.64. The predicted octanol–water partition coefficient (Wildman–Crippen LogP) is 2.45. The summed E-state index contributed by atoms with van der Waals surface area (Å²) < 4.78 is 10.5. The summed E-state index contributed by atoms with van der Waals surface area (Å²) >= 11 is 3.40. The average Bonchev–Trinajstić information content (AvgIpc) is 2.71. The van der Waals surface area contributed by atoms with Gasteiger partial charge < -0.3 is 9.47 Å². The first-order valence-corrected chi connectivity index (χ1v) is 6.37. The highest BCUT2D eigenvalue weighted by Crippen LogP contribution is 2.30. The number of carbonyl (C=O) groups excluding carboxylic acids is 1. The van der Waals surface area contributed by atoms with E-state index in [1.54, 1.807) is 6.92 Å². The lowest BCUT2D eigenvalue weighted by Gasteiger charge is -2.08. The first kappa shape index (κ1) is 11.5. The summed E-state index contributed by atoms with van der Waals surface area (Å²) in [6.45, 7) is 2.19. The molecule has 0 aliphatic carbocycles. The van der Waals surface area contributed by atoms with Gasteiger partial charge in [-0.2, -0.15) is 0 Å². The molecule has 0 saturated carbocycles. The highest BCUT2D eigenvalue weighted by molar-refractivity contribution is 9.08. The monoisotopic (exact) mass is 284 g/mol. The van der Waals surface area contributed by atoms with Crippen molar-refractivity contribution in [2.45, 2.75) is 24.8 Å². The molecule has 4 heteroatoms. The Kier molecular flexibility index (Phi) is 3.49. The molecule has 1 atom stereocenters. The fourth-order valence-corrected chi connectivity index (χ4v) is 2.10. The van der Waals surface area contributed by atoms with Crippen LogP contribution in [0.5, 0.6) is 5.75 Å². The van der Waals surface area contributed by atoms with Crippen LogP contribution >= 0.6 is 15.9 Å². The molecular formula is C12H13BrO3. The minimum atomic E-state index is -0.472. The Bertz CT molecular complexity index is 403. The molecule has 0 N–H and O–H groups in total. The number of alkyl halides is 1. The summed E-state index contributed by atoms with van der Waals surface area (Å²) in [5, 5.41) is 0.810. The first-order chi connectivity index (χ1) is 7.74. The molecule has 0 bridgehead atoms. The van der Waals surface area contributed by atoms with Crippen molar-refractivity contribution in [3.63, 3.8) is 0 Å². The molecule has 0 fully saturated rings. The van der Waals surface area contributed by atoms with Gasteiger partial charge in [0.1, 0.15) is 5.75 Å². The average molecular weight is 285 g/mol. The fourth-order valence-electron chi connectivity index (χ4n) is 1.75. The van der Waals surface area contributed by atoms with Gasteiger partial charge >= 0.3 is 5.97 Å². The molecule has 1 aromatic carbocycles. The summed E-state index contributed by atoms with van der Waals surface area (Å²) in [6.07, 6.45) is 0.134. The molecule has 1 aliphatic rings. The van der Waals surface area contributed by atoms with Crippen LogP contribution in [0, 0.1) is 0 Å². The number of carbonyl (C=O) groups is 1. The van der Waals surface area contributed by atoms with E-state index in [9.17, 15) is 4.79 Å². The van der Waals surface area contributed by atoms with Gasteiger partial charge in [-0.25, -0.2) is 4.79 Å². The van der Waals surface area contributed by atoms with Gasteiger partial charge in [0, 0.05) is 11.8 Å². The zero-order valence-corrected chi connectivity index (χ0v) is 10.6. The van der Waals surface area contributed by atoms with Crippen LogP contribution in [-0.4, -0.2) is 18.7 Å². The molecule has 0 radical (unpaired) electrons. The Morgan fingerprint density at radius 2 is 2.44 bits per heavy atom. The minimum Gasteiger partial charge on any atom is -0.478 e. The zero-order chi connectivity index (χ0) is 11.5. The quantitative estimate of drug-likeness (QED) is 0.632. The second kappa shape index (κ2) is 4.87. The van der Waals surface area contributed by atoms with Gasteiger partial charge in [-0.15, -0.1) is 0 Å². The van der Waals surface area contributed by atoms with Crippen LogP contribution in [0.25, 0.3) is 0 Å². The highest BCUT2D eigenvalue weighted by atomic mass is 79.9. The molecule has 1 aliphatic heterocycles. The van der Waals surface area contributed by atoms with Gasteiger partial charge in [-0.05, 0) is 24.1 Å².